The van der Waals surface area contributed by atoms with Crippen LogP contribution in [0.1, 0.15) is 26.6 Å². The lowest BCUT2D eigenvalue weighted by Gasteiger charge is -2.22. The molecule has 30 heavy (non-hydrogen) atoms. The minimum atomic E-state index is -3.90. The molecule has 158 valence electrons. The first kappa shape index (κ1) is 21.8. The van der Waals surface area contributed by atoms with Gasteiger partial charge in [0.2, 0.25) is 0 Å². The van der Waals surface area contributed by atoms with Gasteiger partial charge in [0.1, 0.15) is 5.75 Å². The van der Waals surface area contributed by atoms with Crippen LogP contribution in [0.15, 0.2) is 52.7 Å². The van der Waals surface area contributed by atoms with Crippen LogP contribution in [0.2, 0.25) is 0 Å². The Kier molecular flexibility index (Phi) is 6.42. The van der Waals surface area contributed by atoms with Crippen LogP contribution >= 0.6 is 11.3 Å². The average molecular weight is 446 g/mol. The second kappa shape index (κ2) is 8.85. The van der Waals surface area contributed by atoms with Gasteiger partial charge >= 0.3 is 0 Å². The molecule has 1 N–H and O–H groups in total. The van der Waals surface area contributed by atoms with E-state index in [9.17, 15) is 13.2 Å². The highest BCUT2D eigenvalue weighted by atomic mass is 32.2. The summed E-state index contributed by atoms with van der Waals surface area (Å²) < 4.78 is 32.8. The molecule has 0 radical (unpaired) electrons. The Labute approximate surface area is 180 Å². The van der Waals surface area contributed by atoms with Crippen molar-refractivity contribution in [3.05, 3.63) is 69.7 Å². The molecule has 7 nitrogen and oxygen atoms in total. The first-order valence-electron chi connectivity index (χ1n) is 9.16. The molecule has 1 amide bonds. The van der Waals surface area contributed by atoms with Gasteiger partial charge in [0.25, 0.3) is 15.9 Å². The van der Waals surface area contributed by atoms with E-state index in [2.05, 4.69) is 10.3 Å². The summed E-state index contributed by atoms with van der Waals surface area (Å²) >= 11 is 1.51. The molecule has 3 aromatic rings. The number of nitrogens with one attached hydrogen (secondary N) is 1. The van der Waals surface area contributed by atoms with E-state index in [1.165, 1.54) is 37.6 Å². The molecule has 0 unspecified atom stereocenters. The highest BCUT2D eigenvalue weighted by Crippen LogP contribution is 2.31. The Morgan fingerprint density at radius 2 is 1.93 bits per heavy atom. The molecule has 0 spiro atoms. The normalized spacial score (nSPS) is 11.2. The van der Waals surface area contributed by atoms with Gasteiger partial charge < -0.3 is 10.1 Å². The van der Waals surface area contributed by atoms with Crippen molar-refractivity contribution < 1.29 is 17.9 Å². The van der Waals surface area contributed by atoms with Gasteiger partial charge in [-0.15, -0.1) is 11.3 Å². The number of ether oxygens (including phenoxy) is 1. The number of hydrogen-bond acceptors (Lipinski definition) is 6. The topological polar surface area (TPSA) is 88.6 Å². The highest BCUT2D eigenvalue weighted by Gasteiger charge is 2.25. The van der Waals surface area contributed by atoms with Gasteiger partial charge in [-0.25, -0.2) is 13.4 Å². The minimum Gasteiger partial charge on any atom is -0.495 e. The van der Waals surface area contributed by atoms with E-state index < -0.39 is 10.0 Å². The van der Waals surface area contributed by atoms with Gasteiger partial charge in [-0.05, 0) is 43.7 Å². The number of sulfonamides is 1. The number of carbonyl (C=O) groups is 1. The summed E-state index contributed by atoms with van der Waals surface area (Å²) in [5, 5.41) is 5.60. The van der Waals surface area contributed by atoms with E-state index in [0.29, 0.717) is 22.6 Å². The number of para-hydroxylation sites is 2. The number of nitrogens with zero attached hydrogens (tertiary/aromatic N) is 2. The summed E-state index contributed by atoms with van der Waals surface area (Å²) in [5.41, 5.74) is 2.16. The van der Waals surface area contributed by atoms with Crippen LogP contribution in [0.5, 0.6) is 5.75 Å². The number of hydrogen-bond donors (Lipinski definition) is 1. The van der Waals surface area contributed by atoms with Crippen molar-refractivity contribution in [2.45, 2.75) is 25.3 Å². The number of aromatic nitrogens is 1. The number of aryl methyl sites for hydroxylation is 2. The van der Waals surface area contributed by atoms with Crippen molar-refractivity contribution in [3.63, 3.8) is 0 Å². The van der Waals surface area contributed by atoms with E-state index in [1.54, 1.807) is 37.3 Å². The zero-order valence-corrected chi connectivity index (χ0v) is 18.8. The van der Waals surface area contributed by atoms with E-state index in [4.69, 9.17) is 4.74 Å². The second-order valence-electron chi connectivity index (χ2n) is 6.66. The summed E-state index contributed by atoms with van der Waals surface area (Å²) in [6.07, 6.45) is 0. The fourth-order valence-electron chi connectivity index (χ4n) is 2.94. The van der Waals surface area contributed by atoms with Gasteiger partial charge in [-0.2, -0.15) is 0 Å². The Bertz CT molecular complexity index is 1170. The highest BCUT2D eigenvalue weighted by molar-refractivity contribution is 7.92. The molecule has 0 fully saturated rings. The molecule has 1 heterocycles. The van der Waals surface area contributed by atoms with Gasteiger partial charge in [0, 0.05) is 18.0 Å². The zero-order valence-electron chi connectivity index (χ0n) is 17.2. The van der Waals surface area contributed by atoms with Crippen molar-refractivity contribution in [2.24, 2.45) is 0 Å². The Balaban J connectivity index is 1.88. The quantitative estimate of drug-likeness (QED) is 0.601. The van der Waals surface area contributed by atoms with Crippen molar-refractivity contribution >= 4 is 33.0 Å². The van der Waals surface area contributed by atoms with Crippen LogP contribution < -0.4 is 14.4 Å². The number of thiazole rings is 1. The average Bonchev–Trinajstić information content (AvgIpc) is 3.16. The van der Waals surface area contributed by atoms with Gasteiger partial charge in [-0.1, -0.05) is 18.2 Å². The molecule has 0 aliphatic rings. The smallest absolute Gasteiger partial charge is 0.264 e. The number of amides is 1. The fourth-order valence-corrected chi connectivity index (χ4v) is 4.78. The molecule has 3 rings (SSSR count). The number of rotatable bonds is 7. The number of anilines is 1. The molecule has 0 bridgehead atoms. The molecular weight excluding hydrogens is 422 g/mol. The first-order valence-corrected chi connectivity index (χ1v) is 11.5. The van der Waals surface area contributed by atoms with E-state index >= 15 is 0 Å². The Hall–Kier alpha value is -2.91. The van der Waals surface area contributed by atoms with Crippen LogP contribution in [0.3, 0.4) is 0 Å². The van der Waals surface area contributed by atoms with Gasteiger partial charge in [-0.3, -0.25) is 9.10 Å². The SMILES string of the molecule is COc1ccccc1N(C)S(=O)(=O)c1ccc(C)c(C(=O)NCc2csc(C)n2)c1. The fraction of sp³-hybridized carbons (Fsp3) is 0.238. The lowest BCUT2D eigenvalue weighted by molar-refractivity contribution is 0.0949. The molecular formula is C21H23N3O4S2. The number of methoxy groups -OCH3 is 1. The standard InChI is InChI=1S/C21H23N3O4S2/c1-14-9-10-17(11-18(14)21(25)22-12-16-13-29-15(2)23-16)30(26,27)24(3)19-7-5-6-8-20(19)28-4/h5-11,13H,12H2,1-4H3,(H,22,25). The summed E-state index contributed by atoms with van der Waals surface area (Å²) in [7, 11) is -0.959. The lowest BCUT2D eigenvalue weighted by atomic mass is 10.1. The van der Waals surface area contributed by atoms with Gasteiger partial charge in [0.05, 0.1) is 34.9 Å². The molecule has 2 aromatic carbocycles. The van der Waals surface area contributed by atoms with Crippen molar-refractivity contribution in [1.82, 2.24) is 10.3 Å². The van der Waals surface area contributed by atoms with Crippen molar-refractivity contribution in [1.29, 1.82) is 0 Å². The summed E-state index contributed by atoms with van der Waals surface area (Å²) in [5.74, 6) is 0.0855. The summed E-state index contributed by atoms with van der Waals surface area (Å²) in [6.45, 7) is 3.94. The molecule has 0 atom stereocenters. The summed E-state index contributed by atoms with van der Waals surface area (Å²) in [6, 6.07) is 11.4. The Morgan fingerprint density at radius 3 is 2.60 bits per heavy atom. The number of benzene rings is 2. The van der Waals surface area contributed by atoms with Crippen LogP contribution in [-0.2, 0) is 16.6 Å². The molecule has 0 saturated carbocycles. The molecule has 0 aliphatic carbocycles. The molecule has 1 aromatic heterocycles. The third kappa shape index (κ3) is 4.47. The maximum atomic E-state index is 13.2. The molecule has 9 heteroatoms. The monoisotopic (exact) mass is 445 g/mol. The number of carbonyl (C=O) groups excluding carboxylic acids is 1. The van der Waals surface area contributed by atoms with Crippen molar-refractivity contribution in [2.75, 3.05) is 18.5 Å². The predicted octanol–water partition coefficient (Wildman–Crippen LogP) is 3.52. The molecule has 0 saturated heterocycles. The van der Waals surface area contributed by atoms with Crippen LogP contribution in [-0.4, -0.2) is 33.5 Å². The largest absolute Gasteiger partial charge is 0.495 e. The van der Waals surface area contributed by atoms with Crippen molar-refractivity contribution in [3.8, 4) is 5.75 Å². The first-order chi connectivity index (χ1) is 14.2. The van der Waals surface area contributed by atoms with Crippen LogP contribution in [0.25, 0.3) is 0 Å². The van der Waals surface area contributed by atoms with E-state index in [1.807, 2.05) is 12.3 Å². The van der Waals surface area contributed by atoms with Crippen LogP contribution in [0.4, 0.5) is 5.69 Å². The second-order valence-corrected chi connectivity index (χ2v) is 9.69. The predicted molar refractivity (Wildman–Crippen MR) is 118 cm³/mol. The lowest BCUT2D eigenvalue weighted by Crippen LogP contribution is -2.28. The minimum absolute atomic E-state index is 0.0242. The maximum Gasteiger partial charge on any atom is 0.264 e. The van der Waals surface area contributed by atoms with Gasteiger partial charge in [0.15, 0.2) is 0 Å². The summed E-state index contributed by atoms with van der Waals surface area (Å²) in [4.78, 5) is 17.0. The van der Waals surface area contributed by atoms with Crippen LogP contribution in [0, 0.1) is 13.8 Å². The zero-order chi connectivity index (χ0) is 21.9. The maximum absolute atomic E-state index is 13.2. The molecule has 0 aliphatic heterocycles. The Morgan fingerprint density at radius 1 is 1.20 bits per heavy atom. The third-order valence-corrected chi connectivity index (χ3v) is 7.22. The van der Waals surface area contributed by atoms with E-state index in [-0.39, 0.29) is 17.3 Å². The third-order valence-electron chi connectivity index (χ3n) is 4.63. The van der Waals surface area contributed by atoms with E-state index in [0.717, 1.165) is 15.0 Å².